The molecule has 3 rings (SSSR count). The fourth-order valence-electron chi connectivity index (χ4n) is 2.14. The molecule has 0 saturated carbocycles. The fourth-order valence-corrected chi connectivity index (χ4v) is 2.14. The van der Waals surface area contributed by atoms with Crippen LogP contribution in [-0.4, -0.2) is 11.9 Å². The van der Waals surface area contributed by atoms with E-state index in [0.717, 1.165) is 11.3 Å². The first-order valence-corrected chi connectivity index (χ1v) is 4.69. The summed E-state index contributed by atoms with van der Waals surface area (Å²) in [6, 6.07) is 8.08. The van der Waals surface area contributed by atoms with Crippen molar-refractivity contribution in [2.45, 2.75) is 12.0 Å². The maximum absolute atomic E-state index is 11.6. The number of rotatable bonds is 0. The van der Waals surface area contributed by atoms with Crippen LogP contribution < -0.4 is 10.6 Å². The third-order valence-electron chi connectivity index (χ3n) is 2.79. The third kappa shape index (κ3) is 0.894. The van der Waals surface area contributed by atoms with Gasteiger partial charge in [0.05, 0.1) is 12.0 Å². The molecule has 2 atom stereocenters. The van der Waals surface area contributed by atoms with E-state index in [0.29, 0.717) is 0 Å². The van der Waals surface area contributed by atoms with Crippen LogP contribution in [0.25, 0.3) is 0 Å². The Morgan fingerprint density at radius 1 is 1.21 bits per heavy atom. The predicted octanol–water partition coefficient (Wildman–Crippen LogP) is 1.21. The minimum absolute atomic E-state index is 0.0591. The second-order valence-corrected chi connectivity index (χ2v) is 3.60. The molecular weight excluding hydrogens is 176 g/mol. The number of hydrogen-bond donors (Lipinski definition) is 2. The van der Waals surface area contributed by atoms with Gasteiger partial charge in [0.15, 0.2) is 0 Å². The quantitative estimate of drug-likeness (QED) is 0.639. The van der Waals surface area contributed by atoms with Crippen molar-refractivity contribution >= 4 is 11.6 Å². The van der Waals surface area contributed by atoms with Crippen molar-refractivity contribution in [1.82, 2.24) is 5.32 Å². The maximum atomic E-state index is 11.6. The molecule has 0 saturated heterocycles. The van der Waals surface area contributed by atoms with Gasteiger partial charge in [-0.1, -0.05) is 18.2 Å². The topological polar surface area (TPSA) is 41.1 Å². The van der Waals surface area contributed by atoms with E-state index in [1.165, 1.54) is 0 Å². The summed E-state index contributed by atoms with van der Waals surface area (Å²) >= 11 is 0. The molecule has 0 aliphatic carbocycles. The minimum Gasteiger partial charge on any atom is -0.377 e. The van der Waals surface area contributed by atoms with Crippen LogP contribution in [0.3, 0.4) is 0 Å². The highest BCUT2D eigenvalue weighted by Gasteiger charge is 2.37. The van der Waals surface area contributed by atoms with Crippen LogP contribution in [0.1, 0.15) is 11.5 Å². The van der Waals surface area contributed by atoms with Gasteiger partial charge >= 0.3 is 0 Å². The number of carbonyl (C=O) groups excluding carboxylic acids is 1. The van der Waals surface area contributed by atoms with Gasteiger partial charge in [-0.3, -0.25) is 4.79 Å². The molecule has 0 spiro atoms. The monoisotopic (exact) mass is 186 g/mol. The lowest BCUT2D eigenvalue weighted by Crippen LogP contribution is -2.36. The summed E-state index contributed by atoms with van der Waals surface area (Å²) < 4.78 is 0. The third-order valence-corrected chi connectivity index (χ3v) is 2.79. The Labute approximate surface area is 81.8 Å². The number of nitrogens with one attached hydrogen (secondary N) is 2. The van der Waals surface area contributed by atoms with Gasteiger partial charge in [0.1, 0.15) is 0 Å². The van der Waals surface area contributed by atoms with Gasteiger partial charge in [-0.25, -0.2) is 0 Å². The molecule has 1 amide bonds. The van der Waals surface area contributed by atoms with E-state index >= 15 is 0 Å². The van der Waals surface area contributed by atoms with Gasteiger partial charge in [0.2, 0.25) is 5.91 Å². The average Bonchev–Trinajstić information content (AvgIpc) is 2.57. The van der Waals surface area contributed by atoms with E-state index in [2.05, 4.69) is 10.6 Å². The second kappa shape index (κ2) is 2.61. The first-order valence-electron chi connectivity index (χ1n) is 4.69. The molecule has 3 heteroatoms. The summed E-state index contributed by atoms with van der Waals surface area (Å²) in [6.07, 6.45) is 3.70. The van der Waals surface area contributed by atoms with Crippen LogP contribution in [0, 0.1) is 0 Å². The zero-order chi connectivity index (χ0) is 9.54. The summed E-state index contributed by atoms with van der Waals surface area (Å²) in [6.45, 7) is 0. The van der Waals surface area contributed by atoms with Crippen LogP contribution in [0.2, 0.25) is 0 Å². The molecule has 1 aromatic rings. The van der Waals surface area contributed by atoms with Crippen LogP contribution in [-0.2, 0) is 4.79 Å². The van der Waals surface area contributed by atoms with Gasteiger partial charge < -0.3 is 10.6 Å². The van der Waals surface area contributed by atoms with Crippen molar-refractivity contribution in [3.8, 4) is 0 Å². The molecular formula is C11H10N2O. The Bertz CT molecular complexity index is 425. The Kier molecular flexibility index (Phi) is 1.42. The largest absolute Gasteiger partial charge is 0.377 e. The van der Waals surface area contributed by atoms with Gasteiger partial charge in [-0.05, 0) is 17.7 Å². The van der Waals surface area contributed by atoms with E-state index in [1.54, 1.807) is 6.20 Å². The molecule has 2 heterocycles. The Morgan fingerprint density at radius 3 is 3.00 bits per heavy atom. The number of benzene rings is 1. The van der Waals surface area contributed by atoms with Crippen molar-refractivity contribution in [1.29, 1.82) is 0 Å². The van der Waals surface area contributed by atoms with E-state index in [-0.39, 0.29) is 17.9 Å². The predicted molar refractivity (Wildman–Crippen MR) is 53.9 cm³/mol. The molecule has 2 N–H and O–H groups in total. The van der Waals surface area contributed by atoms with Gasteiger partial charge in [-0.15, -0.1) is 0 Å². The summed E-state index contributed by atoms with van der Waals surface area (Å²) in [5, 5.41) is 6.05. The zero-order valence-electron chi connectivity index (χ0n) is 7.53. The SMILES string of the molecule is O=C1NC=CC2Nc3ccccc3C12. The molecule has 0 bridgehead atoms. The lowest BCUT2D eigenvalue weighted by Gasteiger charge is -2.19. The van der Waals surface area contributed by atoms with Crippen molar-refractivity contribution in [2.24, 2.45) is 0 Å². The molecule has 2 aliphatic heterocycles. The summed E-state index contributed by atoms with van der Waals surface area (Å²) in [7, 11) is 0. The van der Waals surface area contributed by atoms with E-state index in [9.17, 15) is 4.79 Å². The van der Waals surface area contributed by atoms with Gasteiger partial charge in [0.25, 0.3) is 0 Å². The second-order valence-electron chi connectivity index (χ2n) is 3.60. The normalized spacial score (nSPS) is 27.6. The Morgan fingerprint density at radius 2 is 2.07 bits per heavy atom. The van der Waals surface area contributed by atoms with Crippen LogP contribution >= 0.6 is 0 Å². The maximum Gasteiger partial charge on any atom is 0.233 e. The molecule has 14 heavy (non-hydrogen) atoms. The van der Waals surface area contributed by atoms with Crippen molar-refractivity contribution in [3.05, 3.63) is 42.1 Å². The average molecular weight is 186 g/mol. The fraction of sp³-hybridized carbons (Fsp3) is 0.182. The Hall–Kier alpha value is -1.77. The Balaban J connectivity index is 2.13. The van der Waals surface area contributed by atoms with Crippen molar-refractivity contribution in [2.75, 3.05) is 5.32 Å². The number of hydrogen-bond acceptors (Lipinski definition) is 2. The smallest absolute Gasteiger partial charge is 0.233 e. The first kappa shape index (κ1) is 7.62. The lowest BCUT2D eigenvalue weighted by molar-refractivity contribution is -0.121. The molecule has 0 fully saturated rings. The first-order chi connectivity index (χ1) is 6.86. The summed E-state index contributed by atoms with van der Waals surface area (Å²) in [5.74, 6) is 0.0196. The number of amides is 1. The van der Waals surface area contributed by atoms with E-state index in [1.807, 2.05) is 30.3 Å². The van der Waals surface area contributed by atoms with Crippen LogP contribution in [0.5, 0.6) is 0 Å². The molecule has 2 unspecified atom stereocenters. The zero-order valence-corrected chi connectivity index (χ0v) is 7.53. The van der Waals surface area contributed by atoms with E-state index in [4.69, 9.17) is 0 Å². The molecule has 0 aromatic heterocycles. The van der Waals surface area contributed by atoms with Crippen LogP contribution in [0.4, 0.5) is 5.69 Å². The number of para-hydroxylation sites is 1. The molecule has 70 valence electrons. The highest BCUT2D eigenvalue weighted by atomic mass is 16.1. The molecule has 2 aliphatic rings. The number of carbonyl (C=O) groups is 1. The molecule has 3 nitrogen and oxygen atoms in total. The van der Waals surface area contributed by atoms with Gasteiger partial charge in [0, 0.05) is 11.9 Å². The van der Waals surface area contributed by atoms with Gasteiger partial charge in [-0.2, -0.15) is 0 Å². The van der Waals surface area contributed by atoms with Crippen LogP contribution in [0.15, 0.2) is 36.5 Å². The minimum atomic E-state index is -0.0591. The van der Waals surface area contributed by atoms with Crippen molar-refractivity contribution < 1.29 is 4.79 Å². The van der Waals surface area contributed by atoms with E-state index < -0.39 is 0 Å². The van der Waals surface area contributed by atoms with Crippen molar-refractivity contribution in [3.63, 3.8) is 0 Å². The summed E-state index contributed by atoms with van der Waals surface area (Å²) in [4.78, 5) is 11.6. The molecule has 0 radical (unpaired) electrons. The molecule has 1 aromatic carbocycles. The summed E-state index contributed by atoms with van der Waals surface area (Å²) in [5.41, 5.74) is 2.17. The number of anilines is 1. The highest BCUT2D eigenvalue weighted by molar-refractivity contribution is 5.91. The lowest BCUT2D eigenvalue weighted by atomic mass is 9.92. The number of fused-ring (bicyclic) bond motifs is 3. The standard InChI is InChI=1S/C11H10N2O/c14-11-10-7-3-1-2-4-8(7)13-9(10)5-6-12-11/h1-6,9-10,13H,(H,12,14). The highest BCUT2D eigenvalue weighted by Crippen LogP contribution is 2.37.